The summed E-state index contributed by atoms with van der Waals surface area (Å²) in [6.45, 7) is 8.63. The maximum Gasteiger partial charge on any atom is 0.170 e. The molecule has 1 aromatic heterocycles. The van der Waals surface area contributed by atoms with Gasteiger partial charge in [0.05, 0.1) is 23.2 Å². The first-order chi connectivity index (χ1) is 9.11. The lowest BCUT2D eigenvalue weighted by atomic mass is 10.2. The van der Waals surface area contributed by atoms with E-state index in [2.05, 4.69) is 29.6 Å². The molecule has 0 bridgehead atoms. The number of hydrogen-bond acceptors (Lipinski definition) is 3. The fraction of sp³-hybridized carbons (Fsp3) is 0.692. The highest BCUT2D eigenvalue weighted by Gasteiger charge is 2.16. The molecule has 106 valence electrons. The molecule has 1 saturated heterocycles. The van der Waals surface area contributed by atoms with Crippen molar-refractivity contribution in [2.75, 3.05) is 18.5 Å². The highest BCUT2D eigenvalue weighted by Crippen LogP contribution is 2.19. The van der Waals surface area contributed by atoms with Gasteiger partial charge in [-0.15, -0.1) is 0 Å². The molecule has 1 aromatic rings. The Morgan fingerprint density at radius 2 is 2.32 bits per heavy atom. The molecule has 0 radical (unpaired) electrons. The number of rotatable bonds is 4. The Balaban J connectivity index is 1.89. The quantitative estimate of drug-likeness (QED) is 0.827. The van der Waals surface area contributed by atoms with Crippen LogP contribution in [0.1, 0.15) is 31.2 Å². The van der Waals surface area contributed by atoms with Gasteiger partial charge in [0.15, 0.2) is 5.11 Å². The molecule has 2 N–H and O–H groups in total. The van der Waals surface area contributed by atoms with Crippen molar-refractivity contribution in [3.63, 3.8) is 0 Å². The van der Waals surface area contributed by atoms with E-state index in [0.717, 1.165) is 49.6 Å². The monoisotopic (exact) mass is 282 g/mol. The van der Waals surface area contributed by atoms with Gasteiger partial charge in [-0.05, 0) is 45.8 Å². The standard InChI is InChI=1S/C13H22N4OS/c1-4-17-10(3)12(9(2)16-17)15-13(19)14-8-11-6-5-7-18-11/h11H,4-8H2,1-3H3,(H2,14,15,19)/t11-/m0/s1. The van der Waals surface area contributed by atoms with E-state index >= 15 is 0 Å². The van der Waals surface area contributed by atoms with Crippen molar-refractivity contribution in [1.29, 1.82) is 0 Å². The van der Waals surface area contributed by atoms with Crippen LogP contribution in [0.3, 0.4) is 0 Å². The van der Waals surface area contributed by atoms with Gasteiger partial charge in [0.2, 0.25) is 0 Å². The number of aryl methyl sites for hydroxylation is 2. The number of hydrogen-bond donors (Lipinski definition) is 2. The number of nitrogens with zero attached hydrogens (tertiary/aromatic N) is 2. The van der Waals surface area contributed by atoms with Crippen LogP contribution in [-0.4, -0.2) is 34.1 Å². The van der Waals surface area contributed by atoms with Crippen LogP contribution >= 0.6 is 12.2 Å². The lowest BCUT2D eigenvalue weighted by Gasteiger charge is -2.14. The van der Waals surface area contributed by atoms with Crippen LogP contribution in [0.25, 0.3) is 0 Å². The highest BCUT2D eigenvalue weighted by molar-refractivity contribution is 7.80. The number of ether oxygens (including phenoxy) is 1. The summed E-state index contributed by atoms with van der Waals surface area (Å²) < 4.78 is 7.53. The molecule has 5 nitrogen and oxygen atoms in total. The number of aromatic nitrogens is 2. The molecule has 6 heteroatoms. The van der Waals surface area contributed by atoms with Crippen LogP contribution in [0.15, 0.2) is 0 Å². The van der Waals surface area contributed by atoms with E-state index < -0.39 is 0 Å². The molecule has 0 saturated carbocycles. The Hall–Kier alpha value is -1.14. The Morgan fingerprint density at radius 1 is 1.53 bits per heavy atom. The van der Waals surface area contributed by atoms with E-state index in [1.54, 1.807) is 0 Å². The largest absolute Gasteiger partial charge is 0.376 e. The summed E-state index contributed by atoms with van der Waals surface area (Å²) in [6, 6.07) is 0. The van der Waals surface area contributed by atoms with Gasteiger partial charge < -0.3 is 15.4 Å². The summed E-state index contributed by atoms with van der Waals surface area (Å²) in [5, 5.41) is 11.5. The molecule has 0 unspecified atom stereocenters. The minimum absolute atomic E-state index is 0.292. The first kappa shape index (κ1) is 14.3. The van der Waals surface area contributed by atoms with Crippen molar-refractivity contribution in [3.8, 4) is 0 Å². The van der Waals surface area contributed by atoms with Crippen molar-refractivity contribution in [3.05, 3.63) is 11.4 Å². The lowest BCUT2D eigenvalue weighted by Crippen LogP contribution is -2.35. The topological polar surface area (TPSA) is 51.1 Å². The zero-order chi connectivity index (χ0) is 13.8. The highest BCUT2D eigenvalue weighted by atomic mass is 32.1. The van der Waals surface area contributed by atoms with Gasteiger partial charge in [-0.25, -0.2) is 0 Å². The molecule has 2 rings (SSSR count). The third-order valence-electron chi connectivity index (χ3n) is 3.43. The molecular weight excluding hydrogens is 260 g/mol. The molecule has 1 fully saturated rings. The van der Waals surface area contributed by atoms with Crippen molar-refractivity contribution in [2.24, 2.45) is 0 Å². The summed E-state index contributed by atoms with van der Waals surface area (Å²) in [6.07, 6.45) is 2.55. The van der Waals surface area contributed by atoms with Gasteiger partial charge in [0.1, 0.15) is 0 Å². The molecule has 0 amide bonds. The van der Waals surface area contributed by atoms with Gasteiger partial charge in [0.25, 0.3) is 0 Å². The van der Waals surface area contributed by atoms with E-state index in [9.17, 15) is 0 Å². The molecular formula is C13H22N4OS. The average molecular weight is 282 g/mol. The van der Waals surface area contributed by atoms with E-state index in [-0.39, 0.29) is 0 Å². The predicted molar refractivity (Wildman–Crippen MR) is 80.6 cm³/mol. The summed E-state index contributed by atoms with van der Waals surface area (Å²) in [4.78, 5) is 0. The number of thiocarbonyl (C=S) groups is 1. The second-order valence-corrected chi connectivity index (χ2v) is 5.24. The second-order valence-electron chi connectivity index (χ2n) is 4.83. The average Bonchev–Trinajstić information content (AvgIpc) is 2.99. The smallest absolute Gasteiger partial charge is 0.170 e. The first-order valence-corrected chi connectivity index (χ1v) is 7.23. The van der Waals surface area contributed by atoms with Gasteiger partial charge in [-0.1, -0.05) is 0 Å². The Bertz CT molecular complexity index is 452. The van der Waals surface area contributed by atoms with Crippen LogP contribution in [0.5, 0.6) is 0 Å². The SMILES string of the molecule is CCn1nc(C)c(NC(=S)NC[C@@H]2CCCO2)c1C. The fourth-order valence-corrected chi connectivity index (χ4v) is 2.54. The van der Waals surface area contributed by atoms with E-state index in [1.807, 2.05) is 11.6 Å². The lowest BCUT2D eigenvalue weighted by molar-refractivity contribution is 0.114. The van der Waals surface area contributed by atoms with Gasteiger partial charge in [-0.3, -0.25) is 4.68 Å². The molecule has 0 aromatic carbocycles. The molecule has 0 aliphatic carbocycles. The van der Waals surface area contributed by atoms with Crippen LogP contribution < -0.4 is 10.6 Å². The number of anilines is 1. The zero-order valence-electron chi connectivity index (χ0n) is 11.8. The van der Waals surface area contributed by atoms with Crippen LogP contribution in [0, 0.1) is 13.8 Å². The first-order valence-electron chi connectivity index (χ1n) is 6.82. The van der Waals surface area contributed by atoms with E-state index in [0.29, 0.717) is 11.2 Å². The minimum atomic E-state index is 0.292. The molecule has 1 aliphatic rings. The molecule has 19 heavy (non-hydrogen) atoms. The van der Waals surface area contributed by atoms with E-state index in [4.69, 9.17) is 17.0 Å². The van der Waals surface area contributed by atoms with Gasteiger partial charge in [-0.2, -0.15) is 5.10 Å². The van der Waals surface area contributed by atoms with Gasteiger partial charge >= 0.3 is 0 Å². The molecule has 1 atom stereocenters. The third kappa shape index (κ3) is 3.45. The zero-order valence-corrected chi connectivity index (χ0v) is 12.6. The maximum absolute atomic E-state index is 5.56. The van der Waals surface area contributed by atoms with E-state index in [1.165, 1.54) is 0 Å². The normalized spacial score (nSPS) is 18.6. The van der Waals surface area contributed by atoms with Crippen LogP contribution in [-0.2, 0) is 11.3 Å². The van der Waals surface area contributed by atoms with Crippen molar-refractivity contribution < 1.29 is 4.74 Å². The Morgan fingerprint density at radius 3 is 2.89 bits per heavy atom. The molecule has 1 aliphatic heterocycles. The van der Waals surface area contributed by atoms with Crippen LogP contribution in [0.2, 0.25) is 0 Å². The van der Waals surface area contributed by atoms with Crippen molar-refractivity contribution in [1.82, 2.24) is 15.1 Å². The van der Waals surface area contributed by atoms with Crippen LogP contribution in [0.4, 0.5) is 5.69 Å². The fourth-order valence-electron chi connectivity index (χ4n) is 2.36. The molecule has 2 heterocycles. The minimum Gasteiger partial charge on any atom is -0.376 e. The molecule has 0 spiro atoms. The maximum atomic E-state index is 5.56. The van der Waals surface area contributed by atoms with Crippen molar-refractivity contribution >= 4 is 23.0 Å². The van der Waals surface area contributed by atoms with Crippen molar-refractivity contribution in [2.45, 2.75) is 46.3 Å². The summed E-state index contributed by atoms with van der Waals surface area (Å²) >= 11 is 5.32. The summed E-state index contributed by atoms with van der Waals surface area (Å²) in [5.74, 6) is 0. The predicted octanol–water partition coefficient (Wildman–Crippen LogP) is 1.99. The number of nitrogens with one attached hydrogen (secondary N) is 2. The summed E-state index contributed by atoms with van der Waals surface area (Å²) in [7, 11) is 0. The second kappa shape index (κ2) is 6.34. The summed E-state index contributed by atoms with van der Waals surface area (Å²) in [5.41, 5.74) is 3.09. The third-order valence-corrected chi connectivity index (χ3v) is 3.68. The Kier molecular flexibility index (Phi) is 4.76. The Labute approximate surface area is 119 Å². The van der Waals surface area contributed by atoms with Gasteiger partial charge in [0, 0.05) is 19.7 Å².